The molecule has 1 amide bonds. The molecule has 0 radical (unpaired) electrons. The lowest BCUT2D eigenvalue weighted by atomic mass is 10.1. The van der Waals surface area contributed by atoms with Crippen LogP contribution in [0.4, 0.5) is 5.69 Å². The van der Waals surface area contributed by atoms with Crippen molar-refractivity contribution in [2.45, 2.75) is 26.2 Å². The summed E-state index contributed by atoms with van der Waals surface area (Å²) in [6.45, 7) is 4.59. The molecule has 28 heavy (non-hydrogen) atoms. The summed E-state index contributed by atoms with van der Waals surface area (Å²) in [6.07, 6.45) is 0.369. The monoisotopic (exact) mass is 373 g/mol. The first-order valence-electron chi connectivity index (χ1n) is 9.25. The number of aromatic amines is 1. The number of H-pyrrole nitrogens is 1. The van der Waals surface area contributed by atoms with Crippen molar-refractivity contribution in [3.63, 3.8) is 0 Å². The Morgan fingerprint density at radius 3 is 2.93 bits per heavy atom. The number of anilines is 1. The zero-order valence-corrected chi connectivity index (χ0v) is 15.6. The van der Waals surface area contributed by atoms with Gasteiger partial charge in [-0.2, -0.15) is 10.1 Å². The third kappa shape index (κ3) is 2.67. The minimum absolute atomic E-state index is 0.0790. The van der Waals surface area contributed by atoms with E-state index in [1.54, 1.807) is 0 Å². The number of benzene rings is 2. The normalized spacial score (nSPS) is 17.0. The molecule has 4 aromatic rings. The van der Waals surface area contributed by atoms with Crippen molar-refractivity contribution in [3.05, 3.63) is 59.4 Å². The molecule has 2 aromatic carbocycles. The molecule has 1 saturated heterocycles. The second kappa shape index (κ2) is 6.30. The SMILES string of the molecule is Cc1ccc(C)c(N2CC(c3noc(-c4n[nH]c5ccccc45)n3)CC2=O)c1. The van der Waals surface area contributed by atoms with E-state index in [1.807, 2.05) is 55.1 Å². The summed E-state index contributed by atoms with van der Waals surface area (Å²) >= 11 is 0. The fraction of sp³-hybridized carbons (Fsp3) is 0.238. The number of fused-ring (bicyclic) bond motifs is 1. The highest BCUT2D eigenvalue weighted by molar-refractivity contribution is 5.97. The maximum atomic E-state index is 12.7. The highest BCUT2D eigenvalue weighted by Crippen LogP contribution is 2.34. The van der Waals surface area contributed by atoms with E-state index in [-0.39, 0.29) is 11.8 Å². The number of amides is 1. The van der Waals surface area contributed by atoms with Gasteiger partial charge in [0.15, 0.2) is 11.5 Å². The number of aryl methyl sites for hydroxylation is 2. The van der Waals surface area contributed by atoms with E-state index >= 15 is 0 Å². The van der Waals surface area contributed by atoms with Gasteiger partial charge in [-0.3, -0.25) is 9.89 Å². The van der Waals surface area contributed by atoms with Crippen LogP contribution in [0.1, 0.15) is 29.3 Å². The summed E-state index contributed by atoms with van der Waals surface area (Å²) < 4.78 is 5.48. The highest BCUT2D eigenvalue weighted by Gasteiger charge is 2.35. The molecule has 0 aliphatic carbocycles. The van der Waals surface area contributed by atoms with Gasteiger partial charge in [-0.15, -0.1) is 0 Å². The summed E-state index contributed by atoms with van der Waals surface area (Å²) in [5, 5.41) is 12.4. The van der Waals surface area contributed by atoms with Crippen LogP contribution in [0, 0.1) is 13.8 Å². The second-order valence-electron chi connectivity index (χ2n) is 7.27. The first kappa shape index (κ1) is 16.7. The van der Waals surface area contributed by atoms with Crippen LogP contribution >= 0.6 is 0 Å². The van der Waals surface area contributed by atoms with Crippen molar-refractivity contribution >= 4 is 22.5 Å². The lowest BCUT2D eigenvalue weighted by Crippen LogP contribution is -2.25. The van der Waals surface area contributed by atoms with Gasteiger partial charge in [0.1, 0.15) is 0 Å². The summed E-state index contributed by atoms with van der Waals surface area (Å²) in [5.41, 5.74) is 4.70. The summed E-state index contributed by atoms with van der Waals surface area (Å²) in [6, 6.07) is 13.9. The number of aromatic nitrogens is 4. The van der Waals surface area contributed by atoms with Crippen LogP contribution in [-0.4, -0.2) is 32.8 Å². The molecule has 1 aliphatic rings. The van der Waals surface area contributed by atoms with Gasteiger partial charge in [-0.1, -0.05) is 35.5 Å². The maximum Gasteiger partial charge on any atom is 0.279 e. The number of hydrogen-bond acceptors (Lipinski definition) is 5. The van der Waals surface area contributed by atoms with Gasteiger partial charge in [0, 0.05) is 30.0 Å². The van der Waals surface area contributed by atoms with Crippen molar-refractivity contribution in [2.75, 3.05) is 11.4 Å². The molecule has 5 rings (SSSR count). The van der Waals surface area contributed by atoms with E-state index in [0.717, 1.165) is 27.7 Å². The minimum atomic E-state index is -0.102. The molecular formula is C21H19N5O2. The molecule has 1 fully saturated rings. The highest BCUT2D eigenvalue weighted by atomic mass is 16.5. The van der Waals surface area contributed by atoms with Gasteiger partial charge in [0.2, 0.25) is 5.91 Å². The quantitative estimate of drug-likeness (QED) is 0.591. The lowest BCUT2D eigenvalue weighted by molar-refractivity contribution is -0.117. The topological polar surface area (TPSA) is 87.9 Å². The molecule has 1 unspecified atom stereocenters. The van der Waals surface area contributed by atoms with Crippen LogP contribution in [0.2, 0.25) is 0 Å². The third-order valence-corrected chi connectivity index (χ3v) is 5.26. The van der Waals surface area contributed by atoms with Gasteiger partial charge >= 0.3 is 0 Å². The lowest BCUT2D eigenvalue weighted by Gasteiger charge is -2.19. The molecule has 7 heteroatoms. The number of rotatable bonds is 3. The maximum absolute atomic E-state index is 12.7. The van der Waals surface area contributed by atoms with Crippen LogP contribution < -0.4 is 4.90 Å². The van der Waals surface area contributed by atoms with Gasteiger partial charge in [0.05, 0.1) is 5.52 Å². The molecule has 3 heterocycles. The van der Waals surface area contributed by atoms with E-state index in [4.69, 9.17) is 4.52 Å². The molecule has 0 bridgehead atoms. The number of nitrogens with one attached hydrogen (secondary N) is 1. The predicted octanol–water partition coefficient (Wildman–Crippen LogP) is 3.75. The van der Waals surface area contributed by atoms with Crippen LogP contribution in [0.3, 0.4) is 0 Å². The van der Waals surface area contributed by atoms with E-state index in [2.05, 4.69) is 26.4 Å². The smallest absolute Gasteiger partial charge is 0.279 e. The van der Waals surface area contributed by atoms with Gasteiger partial charge in [-0.25, -0.2) is 0 Å². The summed E-state index contributed by atoms with van der Waals surface area (Å²) in [4.78, 5) is 19.0. The van der Waals surface area contributed by atoms with Gasteiger partial charge in [-0.05, 0) is 37.1 Å². The van der Waals surface area contributed by atoms with Crippen molar-refractivity contribution in [1.29, 1.82) is 0 Å². The number of carbonyl (C=O) groups is 1. The van der Waals surface area contributed by atoms with Crippen LogP contribution in [0.5, 0.6) is 0 Å². The molecule has 1 atom stereocenters. The number of hydrogen-bond donors (Lipinski definition) is 1. The van der Waals surface area contributed by atoms with Crippen molar-refractivity contribution < 1.29 is 9.32 Å². The zero-order chi connectivity index (χ0) is 19.3. The average molecular weight is 373 g/mol. The first-order chi connectivity index (χ1) is 13.6. The Kier molecular flexibility index (Phi) is 3.75. The summed E-state index contributed by atoms with van der Waals surface area (Å²) in [5.74, 6) is 0.888. The van der Waals surface area contributed by atoms with Crippen LogP contribution in [0.15, 0.2) is 47.0 Å². The Labute approximate surface area is 161 Å². The summed E-state index contributed by atoms with van der Waals surface area (Å²) in [7, 11) is 0. The largest absolute Gasteiger partial charge is 0.332 e. The predicted molar refractivity (Wildman–Crippen MR) is 105 cm³/mol. The fourth-order valence-corrected chi connectivity index (χ4v) is 3.75. The third-order valence-electron chi connectivity index (χ3n) is 5.26. The second-order valence-corrected chi connectivity index (χ2v) is 7.27. The average Bonchev–Trinajstić information content (AvgIpc) is 3.41. The molecule has 0 saturated carbocycles. The molecule has 0 spiro atoms. The molecule has 140 valence electrons. The molecule has 1 aliphatic heterocycles. The van der Waals surface area contributed by atoms with Gasteiger partial charge in [0.25, 0.3) is 5.89 Å². The Morgan fingerprint density at radius 1 is 1.18 bits per heavy atom. The molecule has 2 aromatic heterocycles. The number of nitrogens with zero attached hydrogens (tertiary/aromatic N) is 4. The van der Waals surface area contributed by atoms with E-state index in [0.29, 0.717) is 30.4 Å². The van der Waals surface area contributed by atoms with Crippen molar-refractivity contribution in [1.82, 2.24) is 20.3 Å². The minimum Gasteiger partial charge on any atom is -0.332 e. The van der Waals surface area contributed by atoms with Crippen LogP contribution in [-0.2, 0) is 4.79 Å². The Morgan fingerprint density at radius 2 is 2.04 bits per heavy atom. The van der Waals surface area contributed by atoms with Crippen molar-refractivity contribution in [2.24, 2.45) is 0 Å². The standard InChI is InChI=1S/C21H19N5O2/c1-12-7-8-13(2)17(9-12)26-11-14(10-18(26)27)20-22-21(28-25-20)19-15-5-3-4-6-16(15)23-24-19/h3-9,14H,10-11H2,1-2H3,(H,23,24). The van der Waals surface area contributed by atoms with E-state index in [1.165, 1.54) is 0 Å². The molecule has 7 nitrogen and oxygen atoms in total. The molecule has 1 N–H and O–H groups in total. The first-order valence-corrected chi connectivity index (χ1v) is 9.25. The van der Waals surface area contributed by atoms with Gasteiger partial charge < -0.3 is 9.42 Å². The van der Waals surface area contributed by atoms with Crippen molar-refractivity contribution in [3.8, 4) is 11.6 Å². The van der Waals surface area contributed by atoms with E-state index < -0.39 is 0 Å². The van der Waals surface area contributed by atoms with Crippen LogP contribution in [0.25, 0.3) is 22.5 Å². The Balaban J connectivity index is 1.44. The fourth-order valence-electron chi connectivity index (χ4n) is 3.75. The number of para-hydroxylation sites is 1. The molecular weight excluding hydrogens is 354 g/mol. The van der Waals surface area contributed by atoms with E-state index in [9.17, 15) is 4.79 Å². The Hall–Kier alpha value is -3.48. The Bertz CT molecular complexity index is 1190. The zero-order valence-electron chi connectivity index (χ0n) is 15.6. The number of carbonyl (C=O) groups excluding carboxylic acids is 1.